The van der Waals surface area contributed by atoms with Crippen LogP contribution in [0.15, 0.2) is 0 Å². The van der Waals surface area contributed by atoms with Gasteiger partial charge >= 0.3 is 0 Å². The molecule has 16 heavy (non-hydrogen) atoms. The lowest BCUT2D eigenvalue weighted by Crippen LogP contribution is -2.45. The summed E-state index contributed by atoms with van der Waals surface area (Å²) in [5.74, 6) is 0.460. The van der Waals surface area contributed by atoms with Crippen LogP contribution in [0.25, 0.3) is 0 Å². The molecule has 1 heterocycles. The van der Waals surface area contributed by atoms with Crippen molar-refractivity contribution in [1.82, 2.24) is 4.90 Å². The Morgan fingerprint density at radius 2 is 2.00 bits per heavy atom. The van der Waals surface area contributed by atoms with E-state index < -0.39 is 0 Å². The Bertz CT molecular complexity index is 224. The molecular formula is C13H25NO2. The zero-order valence-corrected chi connectivity index (χ0v) is 10.6. The molecule has 0 aromatic carbocycles. The number of aliphatic hydroxyl groups is 1. The minimum absolute atomic E-state index is 0.0872. The number of rotatable bonds is 2. The van der Waals surface area contributed by atoms with Crippen LogP contribution < -0.4 is 0 Å². The smallest absolute Gasteiger partial charge is 0.0594 e. The van der Waals surface area contributed by atoms with E-state index in [0.29, 0.717) is 11.3 Å². The van der Waals surface area contributed by atoms with Crippen molar-refractivity contribution in [2.45, 2.75) is 39.2 Å². The Balaban J connectivity index is 1.86. The Labute approximate surface area is 98.8 Å². The standard InChI is InChI=1S/C13H25NO2/c1-13(2)4-3-12(15)11(9-13)10-14-5-7-16-8-6-14/h11-12,15H,3-10H2,1-2H3. The van der Waals surface area contributed by atoms with Crippen molar-refractivity contribution < 1.29 is 9.84 Å². The lowest BCUT2D eigenvalue weighted by molar-refractivity contribution is -0.0204. The van der Waals surface area contributed by atoms with Crippen LogP contribution in [0.2, 0.25) is 0 Å². The maximum atomic E-state index is 10.1. The Morgan fingerprint density at radius 1 is 1.31 bits per heavy atom. The third-order valence-corrected chi connectivity index (χ3v) is 4.07. The van der Waals surface area contributed by atoms with Gasteiger partial charge in [0.2, 0.25) is 0 Å². The third-order valence-electron chi connectivity index (χ3n) is 4.07. The van der Waals surface area contributed by atoms with E-state index in [4.69, 9.17) is 4.74 Å². The van der Waals surface area contributed by atoms with E-state index in [9.17, 15) is 5.11 Å². The normalized spacial score (nSPS) is 36.2. The van der Waals surface area contributed by atoms with Crippen molar-refractivity contribution in [2.24, 2.45) is 11.3 Å². The number of morpholine rings is 1. The molecule has 3 heteroatoms. The van der Waals surface area contributed by atoms with E-state index in [2.05, 4.69) is 18.7 Å². The molecule has 0 bridgehead atoms. The maximum Gasteiger partial charge on any atom is 0.0594 e. The van der Waals surface area contributed by atoms with E-state index in [-0.39, 0.29) is 6.10 Å². The molecule has 1 aliphatic carbocycles. The van der Waals surface area contributed by atoms with Crippen molar-refractivity contribution in [2.75, 3.05) is 32.8 Å². The molecule has 2 fully saturated rings. The van der Waals surface area contributed by atoms with Crippen LogP contribution in [0.1, 0.15) is 33.1 Å². The van der Waals surface area contributed by atoms with Gasteiger partial charge in [-0.1, -0.05) is 13.8 Å². The van der Waals surface area contributed by atoms with Crippen LogP contribution >= 0.6 is 0 Å². The van der Waals surface area contributed by atoms with Crippen LogP contribution in [-0.2, 0) is 4.74 Å². The Hall–Kier alpha value is -0.120. The minimum Gasteiger partial charge on any atom is -0.393 e. The van der Waals surface area contributed by atoms with Gasteiger partial charge < -0.3 is 9.84 Å². The molecule has 2 rings (SSSR count). The van der Waals surface area contributed by atoms with E-state index in [1.165, 1.54) is 0 Å². The summed E-state index contributed by atoms with van der Waals surface area (Å²) in [7, 11) is 0. The molecule has 0 aromatic rings. The molecule has 0 radical (unpaired) electrons. The lowest BCUT2D eigenvalue weighted by Gasteiger charge is -2.41. The average Bonchev–Trinajstić information content (AvgIpc) is 2.25. The van der Waals surface area contributed by atoms with Gasteiger partial charge in [0.1, 0.15) is 0 Å². The first kappa shape index (κ1) is 12.3. The summed E-state index contributed by atoms with van der Waals surface area (Å²) in [5, 5.41) is 10.1. The highest BCUT2D eigenvalue weighted by molar-refractivity contribution is 4.86. The molecule has 0 spiro atoms. The van der Waals surface area contributed by atoms with Gasteiger partial charge in [-0.25, -0.2) is 0 Å². The van der Waals surface area contributed by atoms with E-state index in [0.717, 1.165) is 52.1 Å². The Kier molecular flexibility index (Phi) is 3.88. The van der Waals surface area contributed by atoms with Gasteiger partial charge in [0.05, 0.1) is 19.3 Å². The number of hydrogen-bond donors (Lipinski definition) is 1. The van der Waals surface area contributed by atoms with Crippen molar-refractivity contribution >= 4 is 0 Å². The lowest BCUT2D eigenvalue weighted by atomic mass is 9.70. The van der Waals surface area contributed by atoms with Crippen LogP contribution in [-0.4, -0.2) is 49.0 Å². The fourth-order valence-corrected chi connectivity index (χ4v) is 3.02. The van der Waals surface area contributed by atoms with E-state index in [1.807, 2.05) is 0 Å². The van der Waals surface area contributed by atoms with Crippen LogP contribution in [0.3, 0.4) is 0 Å². The zero-order valence-electron chi connectivity index (χ0n) is 10.6. The average molecular weight is 227 g/mol. The molecule has 0 amide bonds. The number of hydrogen-bond acceptors (Lipinski definition) is 3. The molecule has 2 aliphatic rings. The SMILES string of the molecule is CC1(C)CCC(O)C(CN2CCOCC2)C1. The monoisotopic (exact) mass is 227 g/mol. The second-order valence-corrected chi connectivity index (χ2v) is 6.15. The summed E-state index contributed by atoms with van der Waals surface area (Å²) in [5.41, 5.74) is 0.413. The van der Waals surface area contributed by atoms with Crippen LogP contribution in [0.5, 0.6) is 0 Å². The quantitative estimate of drug-likeness (QED) is 0.776. The van der Waals surface area contributed by atoms with Crippen LogP contribution in [0, 0.1) is 11.3 Å². The number of aliphatic hydroxyl groups excluding tert-OH is 1. The largest absolute Gasteiger partial charge is 0.393 e. The summed E-state index contributed by atoms with van der Waals surface area (Å²) in [6, 6.07) is 0. The first-order valence-electron chi connectivity index (χ1n) is 6.55. The van der Waals surface area contributed by atoms with Crippen molar-refractivity contribution in [3.8, 4) is 0 Å². The first-order valence-corrected chi connectivity index (χ1v) is 6.55. The van der Waals surface area contributed by atoms with E-state index >= 15 is 0 Å². The fraction of sp³-hybridized carbons (Fsp3) is 1.00. The van der Waals surface area contributed by atoms with Crippen LogP contribution in [0.4, 0.5) is 0 Å². The van der Waals surface area contributed by atoms with Gasteiger partial charge in [0.15, 0.2) is 0 Å². The highest BCUT2D eigenvalue weighted by atomic mass is 16.5. The highest BCUT2D eigenvalue weighted by Gasteiger charge is 2.34. The predicted molar refractivity (Wildman–Crippen MR) is 64.4 cm³/mol. The second kappa shape index (κ2) is 5.03. The summed E-state index contributed by atoms with van der Waals surface area (Å²) < 4.78 is 5.35. The fourth-order valence-electron chi connectivity index (χ4n) is 3.02. The summed E-state index contributed by atoms with van der Waals surface area (Å²) in [4.78, 5) is 2.44. The zero-order chi connectivity index (χ0) is 11.6. The predicted octanol–water partition coefficient (Wildman–Crippen LogP) is 1.51. The van der Waals surface area contributed by atoms with Gasteiger partial charge in [-0.2, -0.15) is 0 Å². The molecule has 0 aromatic heterocycles. The van der Waals surface area contributed by atoms with E-state index in [1.54, 1.807) is 0 Å². The third kappa shape index (κ3) is 3.19. The first-order chi connectivity index (χ1) is 7.57. The molecule has 1 saturated carbocycles. The van der Waals surface area contributed by atoms with Gasteiger partial charge in [-0.3, -0.25) is 4.90 Å². The summed E-state index contributed by atoms with van der Waals surface area (Å²) in [6.07, 6.45) is 3.21. The van der Waals surface area contributed by atoms with Gasteiger partial charge in [-0.15, -0.1) is 0 Å². The summed E-state index contributed by atoms with van der Waals surface area (Å²) >= 11 is 0. The topological polar surface area (TPSA) is 32.7 Å². The van der Waals surface area contributed by atoms with Crippen molar-refractivity contribution in [3.63, 3.8) is 0 Å². The molecule has 1 aliphatic heterocycles. The maximum absolute atomic E-state index is 10.1. The molecule has 1 N–H and O–H groups in total. The number of ether oxygens (including phenoxy) is 1. The minimum atomic E-state index is -0.0872. The second-order valence-electron chi connectivity index (χ2n) is 6.15. The summed E-state index contributed by atoms with van der Waals surface area (Å²) in [6.45, 7) is 9.47. The van der Waals surface area contributed by atoms with Gasteiger partial charge in [-0.05, 0) is 30.6 Å². The van der Waals surface area contributed by atoms with Gasteiger partial charge in [0, 0.05) is 19.6 Å². The molecule has 3 nitrogen and oxygen atoms in total. The molecule has 94 valence electrons. The molecule has 2 atom stereocenters. The highest BCUT2D eigenvalue weighted by Crippen LogP contribution is 2.39. The molecule has 2 unspecified atom stereocenters. The van der Waals surface area contributed by atoms with Gasteiger partial charge in [0.25, 0.3) is 0 Å². The molecule has 1 saturated heterocycles. The van der Waals surface area contributed by atoms with Crippen molar-refractivity contribution in [1.29, 1.82) is 0 Å². The van der Waals surface area contributed by atoms with Crippen molar-refractivity contribution in [3.05, 3.63) is 0 Å². The Morgan fingerprint density at radius 3 is 2.69 bits per heavy atom. The molecular weight excluding hydrogens is 202 g/mol. The number of nitrogens with zero attached hydrogens (tertiary/aromatic N) is 1.